The van der Waals surface area contributed by atoms with E-state index < -0.39 is 5.91 Å². The van der Waals surface area contributed by atoms with Crippen LogP contribution in [0.5, 0.6) is 5.75 Å². The second kappa shape index (κ2) is 8.06. The quantitative estimate of drug-likeness (QED) is 0.701. The van der Waals surface area contributed by atoms with Crippen molar-refractivity contribution in [2.45, 2.75) is 6.92 Å². The largest absolute Gasteiger partial charge is 0.492 e. The first-order valence-electron chi connectivity index (χ1n) is 8.03. The molecule has 1 amide bonds. The molecule has 0 atom stereocenters. The van der Waals surface area contributed by atoms with Gasteiger partial charge in [-0.25, -0.2) is 14.4 Å². The number of rotatable bonds is 6. The molecule has 0 aliphatic rings. The Balaban J connectivity index is 1.68. The molecular weight excluding hydrogens is 335 g/mol. The van der Waals surface area contributed by atoms with Crippen LogP contribution in [-0.2, 0) is 0 Å². The number of hydrogen-bond donors (Lipinski definition) is 2. The molecule has 2 aromatic carbocycles. The minimum Gasteiger partial charge on any atom is -0.492 e. The van der Waals surface area contributed by atoms with Crippen LogP contribution in [0.25, 0.3) is 0 Å². The van der Waals surface area contributed by atoms with Crippen molar-refractivity contribution in [2.24, 2.45) is 0 Å². The van der Waals surface area contributed by atoms with Gasteiger partial charge in [0.1, 0.15) is 23.1 Å². The molecule has 26 heavy (non-hydrogen) atoms. The van der Waals surface area contributed by atoms with E-state index in [9.17, 15) is 9.18 Å². The molecule has 0 aliphatic heterocycles. The van der Waals surface area contributed by atoms with Gasteiger partial charge in [0.15, 0.2) is 0 Å². The number of anilines is 3. The van der Waals surface area contributed by atoms with Crippen LogP contribution in [0.15, 0.2) is 60.9 Å². The minimum absolute atomic E-state index is 0.151. The smallest absolute Gasteiger partial charge is 0.275 e. The van der Waals surface area contributed by atoms with Crippen LogP contribution in [0.3, 0.4) is 0 Å². The fourth-order valence-corrected chi connectivity index (χ4v) is 2.23. The number of ether oxygens (including phenoxy) is 1. The van der Waals surface area contributed by atoms with Crippen LogP contribution >= 0.6 is 0 Å². The topological polar surface area (TPSA) is 76.1 Å². The lowest BCUT2D eigenvalue weighted by atomic mass is 10.3. The summed E-state index contributed by atoms with van der Waals surface area (Å²) >= 11 is 0. The van der Waals surface area contributed by atoms with E-state index >= 15 is 0 Å². The maximum absolute atomic E-state index is 12.9. The number of carbonyl (C=O) groups excluding carboxylic acids is 1. The summed E-state index contributed by atoms with van der Waals surface area (Å²) in [6, 6.07) is 13.0. The highest BCUT2D eigenvalue weighted by atomic mass is 19.1. The Labute approximate surface area is 150 Å². The van der Waals surface area contributed by atoms with Crippen molar-refractivity contribution in [1.29, 1.82) is 0 Å². The van der Waals surface area contributed by atoms with Gasteiger partial charge in [-0.1, -0.05) is 12.1 Å². The van der Waals surface area contributed by atoms with Crippen LogP contribution < -0.4 is 15.4 Å². The molecule has 0 bridgehead atoms. The number of benzene rings is 2. The summed E-state index contributed by atoms with van der Waals surface area (Å²) in [5.41, 5.74) is 1.39. The van der Waals surface area contributed by atoms with Crippen molar-refractivity contribution in [2.75, 3.05) is 17.2 Å². The van der Waals surface area contributed by atoms with Crippen molar-refractivity contribution < 1.29 is 13.9 Å². The molecule has 7 heteroatoms. The zero-order valence-electron chi connectivity index (χ0n) is 14.1. The Bertz CT molecular complexity index is 883. The first kappa shape index (κ1) is 17.3. The SMILES string of the molecule is CCOc1ccccc1Nc1cnc(C(=O)Nc2ccc(F)cc2)cn1. The van der Waals surface area contributed by atoms with Gasteiger partial charge >= 0.3 is 0 Å². The molecule has 0 saturated heterocycles. The van der Waals surface area contributed by atoms with Gasteiger partial charge in [0.2, 0.25) is 0 Å². The highest BCUT2D eigenvalue weighted by Gasteiger charge is 2.10. The average Bonchev–Trinajstić information content (AvgIpc) is 2.66. The molecule has 0 aliphatic carbocycles. The Morgan fingerprint density at radius 2 is 1.85 bits per heavy atom. The van der Waals surface area contributed by atoms with Crippen LogP contribution in [0.4, 0.5) is 21.6 Å². The fraction of sp³-hybridized carbons (Fsp3) is 0.105. The Kier molecular flexibility index (Phi) is 5.38. The van der Waals surface area contributed by atoms with Gasteiger partial charge in [0.25, 0.3) is 5.91 Å². The molecule has 1 heterocycles. The van der Waals surface area contributed by atoms with Crippen molar-refractivity contribution in [1.82, 2.24) is 9.97 Å². The molecule has 132 valence electrons. The molecule has 0 unspecified atom stereocenters. The average molecular weight is 352 g/mol. The first-order chi connectivity index (χ1) is 12.7. The molecule has 3 aromatic rings. The number of carbonyl (C=O) groups is 1. The normalized spacial score (nSPS) is 10.2. The second-order valence-electron chi connectivity index (χ2n) is 5.30. The van der Waals surface area contributed by atoms with Gasteiger partial charge in [0.05, 0.1) is 24.7 Å². The van der Waals surface area contributed by atoms with E-state index in [1.54, 1.807) is 0 Å². The standard InChI is InChI=1S/C19H17FN4O2/c1-2-26-17-6-4-3-5-15(17)24-18-12-21-16(11-22-18)19(25)23-14-9-7-13(20)8-10-14/h3-12H,2H2,1H3,(H,22,24)(H,23,25). The number of hydrogen-bond acceptors (Lipinski definition) is 5. The number of para-hydroxylation sites is 2. The van der Waals surface area contributed by atoms with E-state index in [1.807, 2.05) is 31.2 Å². The van der Waals surface area contributed by atoms with Gasteiger partial charge in [0, 0.05) is 5.69 Å². The summed E-state index contributed by atoms with van der Waals surface area (Å²) in [5.74, 6) is 0.390. The predicted molar refractivity (Wildman–Crippen MR) is 97.3 cm³/mol. The second-order valence-corrected chi connectivity index (χ2v) is 5.30. The van der Waals surface area contributed by atoms with Crippen molar-refractivity contribution >= 4 is 23.1 Å². The van der Waals surface area contributed by atoms with Gasteiger partial charge in [-0.15, -0.1) is 0 Å². The lowest BCUT2D eigenvalue weighted by Crippen LogP contribution is -2.14. The number of nitrogens with zero attached hydrogens (tertiary/aromatic N) is 2. The van der Waals surface area contributed by atoms with E-state index in [1.165, 1.54) is 36.7 Å². The van der Waals surface area contributed by atoms with Gasteiger partial charge in [-0.3, -0.25) is 4.79 Å². The van der Waals surface area contributed by atoms with E-state index in [2.05, 4.69) is 20.6 Å². The third kappa shape index (κ3) is 4.32. The maximum atomic E-state index is 12.9. The third-order valence-electron chi connectivity index (χ3n) is 3.44. The van der Waals surface area contributed by atoms with Gasteiger partial charge < -0.3 is 15.4 Å². The van der Waals surface area contributed by atoms with Crippen LogP contribution in [-0.4, -0.2) is 22.5 Å². The molecule has 2 N–H and O–H groups in total. The zero-order chi connectivity index (χ0) is 18.4. The van der Waals surface area contributed by atoms with Crippen LogP contribution in [0.1, 0.15) is 17.4 Å². The highest BCUT2D eigenvalue weighted by Crippen LogP contribution is 2.26. The molecule has 0 radical (unpaired) electrons. The van der Waals surface area contributed by atoms with Crippen molar-refractivity contribution in [3.8, 4) is 5.75 Å². The summed E-state index contributed by atoms with van der Waals surface area (Å²) in [5, 5.41) is 5.74. The molecule has 0 saturated carbocycles. The molecular formula is C19H17FN4O2. The number of amides is 1. The molecule has 1 aromatic heterocycles. The number of halogens is 1. The highest BCUT2D eigenvalue weighted by molar-refractivity contribution is 6.02. The molecule has 3 rings (SSSR count). The van der Waals surface area contributed by atoms with Gasteiger partial charge in [-0.2, -0.15) is 0 Å². The summed E-state index contributed by atoms with van der Waals surface area (Å²) in [6.45, 7) is 2.46. The van der Waals surface area contributed by atoms with E-state index in [0.29, 0.717) is 23.9 Å². The van der Waals surface area contributed by atoms with Crippen LogP contribution in [0.2, 0.25) is 0 Å². The maximum Gasteiger partial charge on any atom is 0.275 e. The summed E-state index contributed by atoms with van der Waals surface area (Å²) in [7, 11) is 0. The van der Waals surface area contributed by atoms with Crippen LogP contribution in [0, 0.1) is 5.82 Å². The summed E-state index contributed by atoms with van der Waals surface area (Å²) in [6.07, 6.45) is 2.83. The third-order valence-corrected chi connectivity index (χ3v) is 3.44. The molecule has 0 spiro atoms. The van der Waals surface area contributed by atoms with Crippen molar-refractivity contribution in [3.05, 3.63) is 72.4 Å². The number of nitrogens with one attached hydrogen (secondary N) is 2. The summed E-state index contributed by atoms with van der Waals surface area (Å²) < 4.78 is 18.4. The summed E-state index contributed by atoms with van der Waals surface area (Å²) in [4.78, 5) is 20.5. The van der Waals surface area contributed by atoms with E-state index in [4.69, 9.17) is 4.74 Å². The van der Waals surface area contributed by atoms with Gasteiger partial charge in [-0.05, 0) is 43.3 Å². The minimum atomic E-state index is -0.426. The Morgan fingerprint density at radius 1 is 1.08 bits per heavy atom. The van der Waals surface area contributed by atoms with Crippen molar-refractivity contribution in [3.63, 3.8) is 0 Å². The molecule has 0 fully saturated rings. The Morgan fingerprint density at radius 3 is 2.54 bits per heavy atom. The first-order valence-corrected chi connectivity index (χ1v) is 8.03. The zero-order valence-corrected chi connectivity index (χ0v) is 14.1. The fourth-order valence-electron chi connectivity index (χ4n) is 2.23. The lowest BCUT2D eigenvalue weighted by molar-refractivity contribution is 0.102. The van der Waals surface area contributed by atoms with E-state index in [-0.39, 0.29) is 11.5 Å². The Hall–Kier alpha value is -3.48. The monoisotopic (exact) mass is 352 g/mol. The number of aromatic nitrogens is 2. The van der Waals surface area contributed by atoms with E-state index in [0.717, 1.165) is 5.69 Å². The lowest BCUT2D eigenvalue weighted by Gasteiger charge is -2.11. The predicted octanol–water partition coefficient (Wildman–Crippen LogP) is 4.01. The molecule has 6 nitrogen and oxygen atoms in total.